The molecule has 18 heavy (non-hydrogen) atoms. The Morgan fingerprint density at radius 1 is 1.28 bits per heavy atom. The first-order valence-corrected chi connectivity index (χ1v) is 6.11. The smallest absolute Gasteiger partial charge is 0.320 e. The molecule has 1 rings (SSSR count). The lowest BCUT2D eigenvalue weighted by molar-refractivity contribution is -0.140. The number of rotatable bonds is 5. The van der Waals surface area contributed by atoms with Gasteiger partial charge in [0.05, 0.1) is 0 Å². The number of aliphatic carboxylic acids is 1. The molecule has 0 aliphatic rings. The maximum Gasteiger partial charge on any atom is 0.320 e. The summed E-state index contributed by atoms with van der Waals surface area (Å²) in [5.74, 6) is -0.700. The zero-order chi connectivity index (χ0) is 13.9. The molecule has 100 valence electrons. The van der Waals surface area contributed by atoms with Gasteiger partial charge in [0, 0.05) is 11.6 Å². The van der Waals surface area contributed by atoms with E-state index in [1.807, 2.05) is 39.8 Å². The van der Waals surface area contributed by atoms with Gasteiger partial charge in [-0.05, 0) is 25.8 Å². The molecule has 0 saturated heterocycles. The van der Waals surface area contributed by atoms with E-state index in [-0.39, 0.29) is 17.7 Å². The average Bonchev–Trinajstić information content (AvgIpc) is 2.28. The topological polar surface area (TPSA) is 69.6 Å². The van der Waals surface area contributed by atoms with Crippen molar-refractivity contribution in [1.82, 2.24) is 5.32 Å². The van der Waals surface area contributed by atoms with Gasteiger partial charge in [-0.2, -0.15) is 0 Å². The number of phenolic OH excluding ortho intramolecular Hbond substituents is 1. The molecule has 4 heteroatoms. The molecule has 2 atom stereocenters. The second-order valence-electron chi connectivity index (χ2n) is 5.01. The lowest BCUT2D eigenvalue weighted by Gasteiger charge is -2.24. The number of carboxylic acid groups (broad SMARTS) is 1. The summed E-state index contributed by atoms with van der Waals surface area (Å²) in [7, 11) is 0. The fourth-order valence-corrected chi connectivity index (χ4v) is 1.93. The number of aryl methyl sites for hydroxylation is 1. The molecule has 1 aromatic rings. The van der Waals surface area contributed by atoms with Crippen LogP contribution in [0.15, 0.2) is 18.2 Å². The third-order valence-electron chi connectivity index (χ3n) is 3.01. The average molecular weight is 251 g/mol. The number of hydrogen-bond donors (Lipinski definition) is 3. The SMILES string of the molecule is Cc1ccc(O)c(C(C)NC(C(=O)O)C(C)C)c1. The lowest BCUT2D eigenvalue weighted by atomic mass is 10.00. The van der Waals surface area contributed by atoms with E-state index in [1.54, 1.807) is 6.07 Å². The van der Waals surface area contributed by atoms with Crippen molar-refractivity contribution >= 4 is 5.97 Å². The van der Waals surface area contributed by atoms with Crippen molar-refractivity contribution in [2.75, 3.05) is 0 Å². The van der Waals surface area contributed by atoms with Crippen LogP contribution in [0.5, 0.6) is 5.75 Å². The Labute approximate surface area is 108 Å². The third-order valence-corrected chi connectivity index (χ3v) is 3.01. The third kappa shape index (κ3) is 3.47. The highest BCUT2D eigenvalue weighted by Gasteiger charge is 2.24. The molecule has 0 aliphatic heterocycles. The van der Waals surface area contributed by atoms with E-state index < -0.39 is 12.0 Å². The van der Waals surface area contributed by atoms with Crippen LogP contribution in [0.1, 0.15) is 37.9 Å². The normalized spacial score (nSPS) is 14.5. The van der Waals surface area contributed by atoms with Crippen LogP contribution in [0.25, 0.3) is 0 Å². The predicted molar refractivity (Wildman–Crippen MR) is 70.7 cm³/mol. The van der Waals surface area contributed by atoms with Crippen LogP contribution in [0.3, 0.4) is 0 Å². The van der Waals surface area contributed by atoms with Crippen LogP contribution >= 0.6 is 0 Å². The van der Waals surface area contributed by atoms with E-state index in [4.69, 9.17) is 5.11 Å². The first kappa shape index (κ1) is 14.5. The molecule has 0 heterocycles. The Morgan fingerprint density at radius 2 is 1.89 bits per heavy atom. The van der Waals surface area contributed by atoms with Crippen LogP contribution in [0.2, 0.25) is 0 Å². The van der Waals surface area contributed by atoms with Crippen molar-refractivity contribution in [1.29, 1.82) is 0 Å². The van der Waals surface area contributed by atoms with E-state index >= 15 is 0 Å². The molecule has 0 amide bonds. The van der Waals surface area contributed by atoms with E-state index in [2.05, 4.69) is 5.32 Å². The summed E-state index contributed by atoms with van der Waals surface area (Å²) in [4.78, 5) is 11.1. The van der Waals surface area contributed by atoms with E-state index in [1.165, 1.54) is 0 Å². The minimum Gasteiger partial charge on any atom is -0.508 e. The Morgan fingerprint density at radius 3 is 2.39 bits per heavy atom. The van der Waals surface area contributed by atoms with Crippen LogP contribution in [-0.4, -0.2) is 22.2 Å². The second-order valence-corrected chi connectivity index (χ2v) is 5.01. The van der Waals surface area contributed by atoms with Crippen molar-refractivity contribution in [3.63, 3.8) is 0 Å². The minimum atomic E-state index is -0.871. The number of hydrogen-bond acceptors (Lipinski definition) is 3. The van der Waals surface area contributed by atoms with Gasteiger partial charge in [0.2, 0.25) is 0 Å². The molecular formula is C14H21NO3. The van der Waals surface area contributed by atoms with Gasteiger partial charge >= 0.3 is 5.97 Å². The van der Waals surface area contributed by atoms with Crippen molar-refractivity contribution < 1.29 is 15.0 Å². The van der Waals surface area contributed by atoms with E-state index in [0.717, 1.165) is 11.1 Å². The zero-order valence-electron chi connectivity index (χ0n) is 11.3. The second kappa shape index (κ2) is 5.87. The van der Waals surface area contributed by atoms with Gasteiger partial charge in [-0.25, -0.2) is 0 Å². The predicted octanol–water partition coefficient (Wildman–Crippen LogP) is 2.46. The zero-order valence-corrected chi connectivity index (χ0v) is 11.3. The van der Waals surface area contributed by atoms with Gasteiger partial charge in [-0.1, -0.05) is 31.5 Å². The molecule has 0 aromatic heterocycles. The van der Waals surface area contributed by atoms with Crippen LogP contribution < -0.4 is 5.32 Å². The number of benzene rings is 1. The standard InChI is InChI=1S/C14H21NO3/c1-8(2)13(14(17)18)15-10(4)11-7-9(3)5-6-12(11)16/h5-8,10,13,15-16H,1-4H3,(H,17,18). The fraction of sp³-hybridized carbons (Fsp3) is 0.500. The van der Waals surface area contributed by atoms with Crippen molar-refractivity contribution in [2.24, 2.45) is 5.92 Å². The van der Waals surface area contributed by atoms with Gasteiger partial charge in [-0.3, -0.25) is 10.1 Å². The Bertz CT molecular complexity index is 429. The number of carbonyl (C=O) groups is 1. The van der Waals surface area contributed by atoms with Gasteiger partial charge in [0.25, 0.3) is 0 Å². The van der Waals surface area contributed by atoms with Gasteiger partial charge in [0.15, 0.2) is 0 Å². The number of carboxylic acids is 1. The monoisotopic (exact) mass is 251 g/mol. The molecule has 0 spiro atoms. The van der Waals surface area contributed by atoms with Crippen molar-refractivity contribution in [2.45, 2.75) is 39.8 Å². The maximum absolute atomic E-state index is 11.1. The molecule has 4 nitrogen and oxygen atoms in total. The number of aromatic hydroxyl groups is 1. The summed E-state index contributed by atoms with van der Waals surface area (Å²) in [6.45, 7) is 7.50. The van der Waals surface area contributed by atoms with E-state index in [0.29, 0.717) is 0 Å². The molecular weight excluding hydrogens is 230 g/mol. The summed E-state index contributed by atoms with van der Waals surface area (Å²) in [6.07, 6.45) is 0. The van der Waals surface area contributed by atoms with Crippen LogP contribution in [0.4, 0.5) is 0 Å². The van der Waals surface area contributed by atoms with Crippen LogP contribution in [0, 0.1) is 12.8 Å². The molecule has 0 bridgehead atoms. The molecule has 2 unspecified atom stereocenters. The highest BCUT2D eigenvalue weighted by atomic mass is 16.4. The first-order valence-electron chi connectivity index (χ1n) is 6.11. The molecule has 1 aromatic carbocycles. The highest BCUT2D eigenvalue weighted by molar-refractivity contribution is 5.73. The first-order chi connectivity index (χ1) is 8.32. The maximum atomic E-state index is 11.1. The lowest BCUT2D eigenvalue weighted by Crippen LogP contribution is -2.42. The molecule has 3 N–H and O–H groups in total. The van der Waals surface area contributed by atoms with Crippen molar-refractivity contribution in [3.8, 4) is 5.75 Å². The van der Waals surface area contributed by atoms with Crippen LogP contribution in [-0.2, 0) is 4.79 Å². The molecule has 0 radical (unpaired) electrons. The molecule has 0 fully saturated rings. The number of phenols is 1. The largest absolute Gasteiger partial charge is 0.508 e. The van der Waals surface area contributed by atoms with Gasteiger partial charge < -0.3 is 10.2 Å². The summed E-state index contributed by atoms with van der Waals surface area (Å²) in [5, 5.41) is 22.0. The summed E-state index contributed by atoms with van der Waals surface area (Å²) < 4.78 is 0. The fourth-order valence-electron chi connectivity index (χ4n) is 1.93. The Balaban J connectivity index is 2.90. The highest BCUT2D eigenvalue weighted by Crippen LogP contribution is 2.25. The van der Waals surface area contributed by atoms with Gasteiger partial charge in [0.1, 0.15) is 11.8 Å². The molecule has 0 saturated carbocycles. The Hall–Kier alpha value is -1.55. The number of nitrogens with one attached hydrogen (secondary N) is 1. The Kier molecular flexibility index (Phi) is 4.73. The van der Waals surface area contributed by atoms with Crippen molar-refractivity contribution in [3.05, 3.63) is 29.3 Å². The van der Waals surface area contributed by atoms with E-state index in [9.17, 15) is 9.90 Å². The molecule has 0 aliphatic carbocycles. The quantitative estimate of drug-likeness (QED) is 0.752. The summed E-state index contributed by atoms with van der Waals surface area (Å²) >= 11 is 0. The summed E-state index contributed by atoms with van der Waals surface area (Å²) in [6, 6.07) is 4.48. The van der Waals surface area contributed by atoms with Gasteiger partial charge in [-0.15, -0.1) is 0 Å². The summed E-state index contributed by atoms with van der Waals surface area (Å²) in [5.41, 5.74) is 1.76. The minimum absolute atomic E-state index is 0.0168.